The topological polar surface area (TPSA) is 29.1 Å². The van der Waals surface area contributed by atoms with E-state index in [1.165, 1.54) is 0 Å². The summed E-state index contributed by atoms with van der Waals surface area (Å²) in [5.41, 5.74) is 2.46. The average Bonchev–Trinajstić information content (AvgIpc) is 2.36. The van der Waals surface area contributed by atoms with Gasteiger partial charge in [-0.15, -0.1) is 0 Å². The molecule has 0 saturated carbocycles. The van der Waals surface area contributed by atoms with Gasteiger partial charge in [0, 0.05) is 13.1 Å². The molecule has 2 nitrogen and oxygen atoms in total. The molecule has 0 aromatic heterocycles. The van der Waals surface area contributed by atoms with Crippen molar-refractivity contribution in [3.8, 4) is 0 Å². The first kappa shape index (κ1) is 14.8. The highest BCUT2D eigenvalue weighted by atomic mass is 127. The van der Waals surface area contributed by atoms with E-state index in [2.05, 4.69) is 43.8 Å². The number of anilines is 1. The molecule has 5 heteroatoms. The van der Waals surface area contributed by atoms with E-state index >= 15 is 0 Å². The highest BCUT2D eigenvalue weighted by molar-refractivity contribution is 14.1. The Bertz CT molecular complexity index is 645. The van der Waals surface area contributed by atoms with Gasteiger partial charge in [-0.3, -0.25) is 4.79 Å². The largest absolute Gasteiger partial charge is 0.321 e. The first-order chi connectivity index (χ1) is 8.99. The molecule has 1 amide bonds. The van der Waals surface area contributed by atoms with Crippen LogP contribution in [0.25, 0.3) is 0 Å². The molecular formula is C14H10BrClINO. The summed E-state index contributed by atoms with van der Waals surface area (Å²) in [6.07, 6.45) is 0. The molecule has 2 aromatic rings. The van der Waals surface area contributed by atoms with Gasteiger partial charge in [0.25, 0.3) is 5.91 Å². The number of rotatable bonds is 2. The number of amides is 1. The second kappa shape index (κ2) is 6.24. The lowest BCUT2D eigenvalue weighted by Gasteiger charge is -2.10. The van der Waals surface area contributed by atoms with E-state index < -0.39 is 0 Å². The molecule has 0 aliphatic heterocycles. The Morgan fingerprint density at radius 1 is 1.32 bits per heavy atom. The summed E-state index contributed by atoms with van der Waals surface area (Å²) < 4.78 is 1.72. The van der Waals surface area contributed by atoms with E-state index in [0.717, 1.165) is 13.6 Å². The first-order valence-electron chi connectivity index (χ1n) is 5.50. The summed E-state index contributed by atoms with van der Waals surface area (Å²) in [6.45, 7) is 1.98. The fourth-order valence-corrected chi connectivity index (χ4v) is 2.99. The van der Waals surface area contributed by atoms with Gasteiger partial charge in [0.05, 0.1) is 11.3 Å². The Labute approximate surface area is 138 Å². The summed E-state index contributed by atoms with van der Waals surface area (Å²) in [7, 11) is 0. The van der Waals surface area contributed by atoms with Crippen LogP contribution in [0.1, 0.15) is 15.9 Å². The predicted octanol–water partition coefficient (Wildman–Crippen LogP) is 5.27. The molecule has 0 spiro atoms. The number of nitrogens with one attached hydrogen (secondary N) is 1. The van der Waals surface area contributed by atoms with Crippen LogP contribution in [0.2, 0.25) is 5.02 Å². The quantitative estimate of drug-likeness (QED) is 0.621. The number of hydrogen-bond donors (Lipinski definition) is 1. The number of hydrogen-bond acceptors (Lipinski definition) is 1. The Morgan fingerprint density at radius 2 is 2.05 bits per heavy atom. The highest BCUT2D eigenvalue weighted by Gasteiger charge is 2.12. The molecule has 0 heterocycles. The van der Waals surface area contributed by atoms with Crippen molar-refractivity contribution < 1.29 is 4.79 Å². The SMILES string of the molecule is Cc1cccc(C(=O)Nc2ccc(Cl)cc2Br)c1I. The van der Waals surface area contributed by atoms with Crippen LogP contribution in [-0.2, 0) is 0 Å². The van der Waals surface area contributed by atoms with Gasteiger partial charge in [-0.2, -0.15) is 0 Å². The maximum atomic E-state index is 12.3. The second-order valence-corrected chi connectivity index (χ2v) is 6.38. The zero-order valence-electron chi connectivity index (χ0n) is 10.0. The third-order valence-corrected chi connectivity index (χ3v) is 4.94. The minimum atomic E-state index is -0.129. The van der Waals surface area contributed by atoms with Gasteiger partial charge in [-0.05, 0) is 75.3 Å². The van der Waals surface area contributed by atoms with Crippen molar-refractivity contribution in [1.82, 2.24) is 0 Å². The molecule has 0 unspecified atom stereocenters. The summed E-state index contributed by atoms with van der Waals surface area (Å²) >= 11 is 11.4. The maximum absolute atomic E-state index is 12.3. The first-order valence-corrected chi connectivity index (χ1v) is 7.75. The number of halogens is 3. The Balaban J connectivity index is 2.28. The summed E-state index contributed by atoms with van der Waals surface area (Å²) in [5.74, 6) is -0.129. The molecule has 1 N–H and O–H groups in total. The van der Waals surface area contributed by atoms with Gasteiger partial charge in [-0.1, -0.05) is 23.7 Å². The van der Waals surface area contributed by atoms with E-state index in [1.54, 1.807) is 18.2 Å². The summed E-state index contributed by atoms with van der Waals surface area (Å²) in [4.78, 5) is 12.3. The van der Waals surface area contributed by atoms with Crippen LogP contribution in [0, 0.1) is 10.5 Å². The maximum Gasteiger partial charge on any atom is 0.256 e. The molecule has 0 atom stereocenters. The van der Waals surface area contributed by atoms with Crippen LogP contribution in [0.4, 0.5) is 5.69 Å². The standard InChI is InChI=1S/C14H10BrClINO/c1-8-3-2-4-10(13(8)17)14(19)18-12-6-5-9(16)7-11(12)15/h2-7H,1H3,(H,18,19). The normalized spacial score (nSPS) is 10.3. The van der Waals surface area contributed by atoms with E-state index in [9.17, 15) is 4.79 Å². The van der Waals surface area contributed by atoms with Crippen molar-refractivity contribution in [2.24, 2.45) is 0 Å². The van der Waals surface area contributed by atoms with Crippen LogP contribution in [0.5, 0.6) is 0 Å². The third kappa shape index (κ3) is 3.49. The molecule has 0 aliphatic carbocycles. The average molecular weight is 451 g/mol. The molecular weight excluding hydrogens is 440 g/mol. The minimum Gasteiger partial charge on any atom is -0.321 e. The zero-order chi connectivity index (χ0) is 14.0. The lowest BCUT2D eigenvalue weighted by Crippen LogP contribution is -2.14. The Hall–Kier alpha value is -0.590. The lowest BCUT2D eigenvalue weighted by molar-refractivity contribution is 0.102. The van der Waals surface area contributed by atoms with Crippen molar-refractivity contribution in [1.29, 1.82) is 0 Å². The van der Waals surface area contributed by atoms with E-state index in [4.69, 9.17) is 11.6 Å². The lowest BCUT2D eigenvalue weighted by atomic mass is 10.1. The van der Waals surface area contributed by atoms with Crippen LogP contribution < -0.4 is 5.32 Å². The number of carbonyl (C=O) groups is 1. The zero-order valence-corrected chi connectivity index (χ0v) is 14.5. The van der Waals surface area contributed by atoms with Gasteiger partial charge in [0.15, 0.2) is 0 Å². The number of carbonyl (C=O) groups excluding carboxylic acids is 1. The summed E-state index contributed by atoms with van der Waals surface area (Å²) in [6, 6.07) is 10.9. The minimum absolute atomic E-state index is 0.129. The summed E-state index contributed by atoms with van der Waals surface area (Å²) in [5, 5.41) is 3.49. The fourth-order valence-electron chi connectivity index (χ4n) is 1.60. The number of aryl methyl sites for hydroxylation is 1. The fraction of sp³-hybridized carbons (Fsp3) is 0.0714. The van der Waals surface area contributed by atoms with Gasteiger partial charge in [0.2, 0.25) is 0 Å². The van der Waals surface area contributed by atoms with E-state index in [-0.39, 0.29) is 5.91 Å². The van der Waals surface area contributed by atoms with Crippen LogP contribution in [0.3, 0.4) is 0 Å². The molecule has 2 rings (SSSR count). The second-order valence-electron chi connectivity index (χ2n) is 4.01. The van der Waals surface area contributed by atoms with Crippen molar-refractivity contribution >= 4 is 61.7 Å². The molecule has 2 aromatic carbocycles. The van der Waals surface area contributed by atoms with Crippen molar-refractivity contribution in [2.75, 3.05) is 5.32 Å². The number of benzene rings is 2. The Kier molecular flexibility index (Phi) is 4.86. The highest BCUT2D eigenvalue weighted by Crippen LogP contribution is 2.27. The van der Waals surface area contributed by atoms with Crippen molar-refractivity contribution in [3.05, 3.63) is 60.6 Å². The van der Waals surface area contributed by atoms with Crippen LogP contribution in [0.15, 0.2) is 40.9 Å². The van der Waals surface area contributed by atoms with Crippen molar-refractivity contribution in [3.63, 3.8) is 0 Å². The molecule has 0 bridgehead atoms. The molecule has 0 saturated heterocycles. The predicted molar refractivity (Wildman–Crippen MR) is 91.0 cm³/mol. The smallest absolute Gasteiger partial charge is 0.256 e. The van der Waals surface area contributed by atoms with Gasteiger partial charge in [-0.25, -0.2) is 0 Å². The molecule has 19 heavy (non-hydrogen) atoms. The van der Waals surface area contributed by atoms with E-state index in [0.29, 0.717) is 16.3 Å². The molecule has 0 fully saturated rings. The third-order valence-electron chi connectivity index (χ3n) is 2.62. The molecule has 0 aliphatic rings. The van der Waals surface area contributed by atoms with Crippen molar-refractivity contribution in [2.45, 2.75) is 6.92 Å². The van der Waals surface area contributed by atoms with Gasteiger partial charge < -0.3 is 5.32 Å². The van der Waals surface area contributed by atoms with Gasteiger partial charge in [0.1, 0.15) is 0 Å². The molecule has 98 valence electrons. The monoisotopic (exact) mass is 449 g/mol. The Morgan fingerprint density at radius 3 is 2.74 bits per heavy atom. The van der Waals surface area contributed by atoms with Gasteiger partial charge >= 0.3 is 0 Å². The molecule has 0 radical (unpaired) electrons. The van der Waals surface area contributed by atoms with E-state index in [1.807, 2.05) is 25.1 Å². The van der Waals surface area contributed by atoms with Crippen LogP contribution in [-0.4, -0.2) is 5.91 Å². The van der Waals surface area contributed by atoms with Crippen LogP contribution >= 0.6 is 50.1 Å².